The number of rotatable bonds is 5. The molecule has 6 nitrogen and oxygen atoms in total. The standard InChI is InChI=1S/C15H14F3N3O3/c1-3-11(22)13(23)19-7-10-5-4-9(6-8(10)2)12-20-14(24-21-12)15(16,17)18/h4-6H,3,7H2,1-2H3,(H,19,23). The molecule has 1 aromatic carbocycles. The number of carbonyl (C=O) groups excluding carboxylic acids is 2. The van der Waals surface area contributed by atoms with Gasteiger partial charge in [0.05, 0.1) is 0 Å². The average molecular weight is 341 g/mol. The number of alkyl halides is 3. The minimum Gasteiger partial charge on any atom is -0.345 e. The van der Waals surface area contributed by atoms with E-state index < -0.39 is 23.8 Å². The lowest BCUT2D eigenvalue weighted by Gasteiger charge is -2.08. The second-order valence-corrected chi connectivity index (χ2v) is 5.02. The van der Waals surface area contributed by atoms with E-state index in [0.29, 0.717) is 11.1 Å². The number of hydrogen-bond acceptors (Lipinski definition) is 5. The van der Waals surface area contributed by atoms with Crippen molar-refractivity contribution >= 4 is 11.7 Å². The number of carbonyl (C=O) groups is 2. The van der Waals surface area contributed by atoms with Crippen molar-refractivity contribution in [1.82, 2.24) is 15.5 Å². The third kappa shape index (κ3) is 3.98. The maximum atomic E-state index is 12.5. The number of aryl methyl sites for hydroxylation is 1. The first-order chi connectivity index (χ1) is 11.2. The highest BCUT2D eigenvalue weighted by Crippen LogP contribution is 2.29. The van der Waals surface area contributed by atoms with E-state index in [9.17, 15) is 22.8 Å². The molecule has 128 valence electrons. The van der Waals surface area contributed by atoms with Gasteiger partial charge in [0.1, 0.15) is 0 Å². The molecule has 0 atom stereocenters. The summed E-state index contributed by atoms with van der Waals surface area (Å²) in [5.74, 6) is -2.78. The summed E-state index contributed by atoms with van der Waals surface area (Å²) in [7, 11) is 0. The molecule has 0 aliphatic heterocycles. The lowest BCUT2D eigenvalue weighted by atomic mass is 10.0. The lowest BCUT2D eigenvalue weighted by molar-refractivity contribution is -0.159. The molecule has 0 spiro atoms. The Hall–Kier alpha value is -2.71. The highest BCUT2D eigenvalue weighted by molar-refractivity contribution is 6.36. The molecule has 0 aliphatic carbocycles. The minimum absolute atomic E-state index is 0.114. The smallest absolute Gasteiger partial charge is 0.345 e. The van der Waals surface area contributed by atoms with E-state index in [0.717, 1.165) is 5.56 Å². The van der Waals surface area contributed by atoms with E-state index in [1.54, 1.807) is 26.0 Å². The monoisotopic (exact) mass is 341 g/mol. The molecule has 0 saturated carbocycles. The molecular formula is C15H14F3N3O3. The number of halogens is 3. The van der Waals surface area contributed by atoms with Gasteiger partial charge in [0, 0.05) is 18.5 Å². The summed E-state index contributed by atoms with van der Waals surface area (Å²) in [6, 6.07) is 4.71. The summed E-state index contributed by atoms with van der Waals surface area (Å²) >= 11 is 0. The molecule has 0 bridgehead atoms. The van der Waals surface area contributed by atoms with Crippen LogP contribution in [0.4, 0.5) is 13.2 Å². The molecule has 0 unspecified atom stereocenters. The summed E-state index contributed by atoms with van der Waals surface area (Å²) < 4.78 is 41.6. The van der Waals surface area contributed by atoms with Crippen LogP contribution in [0.3, 0.4) is 0 Å². The zero-order chi connectivity index (χ0) is 17.9. The topological polar surface area (TPSA) is 85.1 Å². The van der Waals surface area contributed by atoms with Gasteiger partial charge < -0.3 is 9.84 Å². The third-order valence-electron chi connectivity index (χ3n) is 3.28. The SMILES string of the molecule is CCC(=O)C(=O)NCc1ccc(-c2noc(C(F)(F)F)n2)cc1C. The molecule has 1 N–H and O–H groups in total. The Kier molecular flexibility index (Phi) is 5.01. The molecule has 1 heterocycles. The second kappa shape index (κ2) is 6.81. The summed E-state index contributed by atoms with van der Waals surface area (Å²) in [5.41, 5.74) is 1.78. The fourth-order valence-corrected chi connectivity index (χ4v) is 1.92. The normalized spacial score (nSPS) is 11.4. The molecule has 0 aliphatic rings. The van der Waals surface area contributed by atoms with Crippen LogP contribution in [0.5, 0.6) is 0 Å². The van der Waals surface area contributed by atoms with Crippen LogP contribution in [-0.4, -0.2) is 21.8 Å². The van der Waals surface area contributed by atoms with Crippen LogP contribution in [0, 0.1) is 6.92 Å². The summed E-state index contributed by atoms with van der Waals surface area (Å²) in [4.78, 5) is 26.0. The number of benzene rings is 1. The molecule has 24 heavy (non-hydrogen) atoms. The molecule has 9 heteroatoms. The quantitative estimate of drug-likeness (QED) is 0.845. The van der Waals surface area contributed by atoms with E-state index in [2.05, 4.69) is 20.0 Å². The molecule has 1 aromatic heterocycles. The first-order valence-corrected chi connectivity index (χ1v) is 7.04. The molecule has 2 aromatic rings. The van der Waals surface area contributed by atoms with Crippen LogP contribution >= 0.6 is 0 Å². The first-order valence-electron chi connectivity index (χ1n) is 7.04. The molecular weight excluding hydrogens is 327 g/mol. The van der Waals surface area contributed by atoms with Gasteiger partial charge >= 0.3 is 12.1 Å². The predicted molar refractivity (Wildman–Crippen MR) is 76.6 cm³/mol. The molecule has 1 amide bonds. The van der Waals surface area contributed by atoms with Crippen molar-refractivity contribution in [2.75, 3.05) is 0 Å². The zero-order valence-electron chi connectivity index (χ0n) is 12.9. The summed E-state index contributed by atoms with van der Waals surface area (Å²) in [6.45, 7) is 3.44. The van der Waals surface area contributed by atoms with Gasteiger partial charge in [0.25, 0.3) is 5.91 Å². The van der Waals surface area contributed by atoms with Gasteiger partial charge in [-0.3, -0.25) is 9.59 Å². The summed E-state index contributed by atoms with van der Waals surface area (Å²) in [6.07, 6.45) is -4.58. The molecule has 0 fully saturated rings. The maximum Gasteiger partial charge on any atom is 0.471 e. The Morgan fingerprint density at radius 2 is 2.00 bits per heavy atom. The maximum absolute atomic E-state index is 12.5. The van der Waals surface area contributed by atoms with Crippen molar-refractivity contribution in [1.29, 1.82) is 0 Å². The van der Waals surface area contributed by atoms with Crippen LogP contribution in [0.2, 0.25) is 0 Å². The van der Waals surface area contributed by atoms with Crippen molar-refractivity contribution in [2.24, 2.45) is 0 Å². The molecule has 0 saturated heterocycles. The Labute approximate surface area is 135 Å². The number of nitrogens with one attached hydrogen (secondary N) is 1. The van der Waals surface area contributed by atoms with Crippen molar-refractivity contribution in [3.63, 3.8) is 0 Å². The highest BCUT2D eigenvalue weighted by atomic mass is 19.4. The van der Waals surface area contributed by atoms with E-state index in [1.807, 2.05) is 0 Å². The van der Waals surface area contributed by atoms with Gasteiger partial charge in [-0.05, 0) is 24.1 Å². The average Bonchev–Trinajstić information content (AvgIpc) is 3.02. The minimum atomic E-state index is -4.70. The highest BCUT2D eigenvalue weighted by Gasteiger charge is 2.38. The third-order valence-corrected chi connectivity index (χ3v) is 3.28. The van der Waals surface area contributed by atoms with Crippen molar-refractivity contribution in [3.05, 3.63) is 35.2 Å². The number of nitrogens with zero attached hydrogens (tertiary/aromatic N) is 2. The van der Waals surface area contributed by atoms with Gasteiger partial charge in [-0.2, -0.15) is 18.2 Å². The van der Waals surface area contributed by atoms with Crippen LogP contribution in [0.15, 0.2) is 22.7 Å². The van der Waals surface area contributed by atoms with Crippen LogP contribution in [0.25, 0.3) is 11.4 Å². The Morgan fingerprint density at radius 1 is 1.29 bits per heavy atom. The van der Waals surface area contributed by atoms with Gasteiger partial charge in [0.2, 0.25) is 11.6 Å². The van der Waals surface area contributed by atoms with Gasteiger partial charge in [-0.15, -0.1) is 0 Å². The second-order valence-electron chi connectivity index (χ2n) is 5.02. The molecule has 0 radical (unpaired) electrons. The predicted octanol–water partition coefficient (Wildman–Crippen LogP) is 2.66. The van der Waals surface area contributed by atoms with Crippen molar-refractivity contribution < 1.29 is 27.3 Å². The Balaban J connectivity index is 2.14. The number of amides is 1. The van der Waals surface area contributed by atoms with Gasteiger partial charge in [-0.1, -0.05) is 24.2 Å². The van der Waals surface area contributed by atoms with Crippen molar-refractivity contribution in [3.8, 4) is 11.4 Å². The van der Waals surface area contributed by atoms with Crippen LogP contribution < -0.4 is 5.32 Å². The number of aromatic nitrogens is 2. The first kappa shape index (κ1) is 17.6. The van der Waals surface area contributed by atoms with Crippen molar-refractivity contribution in [2.45, 2.75) is 33.0 Å². The fraction of sp³-hybridized carbons (Fsp3) is 0.333. The fourth-order valence-electron chi connectivity index (χ4n) is 1.92. The van der Waals surface area contributed by atoms with Crippen LogP contribution in [-0.2, 0) is 22.3 Å². The van der Waals surface area contributed by atoms with Gasteiger partial charge in [0.15, 0.2) is 0 Å². The van der Waals surface area contributed by atoms with Gasteiger partial charge in [-0.25, -0.2) is 0 Å². The number of Topliss-reactive ketones (excluding diaryl/α,β-unsaturated/α-hetero) is 1. The summed E-state index contributed by atoms with van der Waals surface area (Å²) in [5, 5.41) is 5.80. The van der Waals surface area contributed by atoms with E-state index in [-0.39, 0.29) is 18.8 Å². The molecule has 2 rings (SSSR count). The Bertz CT molecular complexity index is 769. The number of hydrogen-bond donors (Lipinski definition) is 1. The van der Waals surface area contributed by atoms with E-state index in [1.165, 1.54) is 6.07 Å². The zero-order valence-corrected chi connectivity index (χ0v) is 12.9. The lowest BCUT2D eigenvalue weighted by Crippen LogP contribution is -2.30. The van der Waals surface area contributed by atoms with E-state index >= 15 is 0 Å². The largest absolute Gasteiger partial charge is 0.471 e. The Morgan fingerprint density at radius 3 is 2.54 bits per heavy atom. The van der Waals surface area contributed by atoms with Crippen LogP contribution in [0.1, 0.15) is 30.4 Å². The number of ketones is 1. The van der Waals surface area contributed by atoms with E-state index in [4.69, 9.17) is 0 Å².